The van der Waals surface area contributed by atoms with Gasteiger partial charge >= 0.3 is 6.09 Å². The number of ether oxygens (including phenoxy) is 1. The highest BCUT2D eigenvalue weighted by Crippen LogP contribution is 2.31. The second-order valence-electron chi connectivity index (χ2n) is 8.23. The summed E-state index contributed by atoms with van der Waals surface area (Å²) in [5, 5.41) is 4.52. The van der Waals surface area contributed by atoms with Crippen LogP contribution in [0.15, 0.2) is 42.5 Å². The van der Waals surface area contributed by atoms with E-state index >= 15 is 0 Å². The summed E-state index contributed by atoms with van der Waals surface area (Å²) in [7, 11) is -2.68. The van der Waals surface area contributed by atoms with E-state index in [4.69, 9.17) is 4.74 Å². The van der Waals surface area contributed by atoms with E-state index in [0.717, 1.165) is 24.1 Å². The standard InChI is InChI=1S/C25H34F2N2O4S/c1-4-6-12-34(31,32)24(20-14-21(26)16-22(27)15-20)23(29-25(30)33-3)10-11-28-17-19-9-7-8-18(5-2)13-19/h7-9,13-16,23-24,28H,4-6,10-12,17H2,1-3H3,(H,29,30)/t23-,24?/m0/s1. The van der Waals surface area contributed by atoms with Crippen molar-refractivity contribution in [3.63, 3.8) is 0 Å². The number of methoxy groups -OCH3 is 1. The van der Waals surface area contributed by atoms with Gasteiger partial charge in [-0.1, -0.05) is 44.5 Å². The minimum atomic E-state index is -3.85. The smallest absolute Gasteiger partial charge is 0.407 e. The fraction of sp³-hybridized carbons (Fsp3) is 0.480. The van der Waals surface area contributed by atoms with Crippen LogP contribution in [0, 0.1) is 11.6 Å². The Labute approximate surface area is 201 Å². The van der Waals surface area contributed by atoms with E-state index < -0.39 is 38.9 Å². The van der Waals surface area contributed by atoms with E-state index in [0.29, 0.717) is 32.0 Å². The maximum absolute atomic E-state index is 14.0. The van der Waals surface area contributed by atoms with E-state index in [1.165, 1.54) is 12.7 Å². The maximum Gasteiger partial charge on any atom is 0.407 e. The lowest BCUT2D eigenvalue weighted by Crippen LogP contribution is -2.44. The highest BCUT2D eigenvalue weighted by atomic mass is 32.2. The number of hydrogen-bond acceptors (Lipinski definition) is 5. The number of aryl methyl sites for hydroxylation is 1. The predicted octanol–water partition coefficient (Wildman–Crippen LogP) is 4.69. The molecule has 0 aromatic heterocycles. The molecule has 0 saturated carbocycles. The van der Waals surface area contributed by atoms with Crippen LogP contribution in [0.2, 0.25) is 0 Å². The van der Waals surface area contributed by atoms with Crippen molar-refractivity contribution < 1.29 is 26.7 Å². The van der Waals surface area contributed by atoms with Crippen molar-refractivity contribution in [1.82, 2.24) is 10.6 Å². The first-order valence-electron chi connectivity index (χ1n) is 11.5. The van der Waals surface area contributed by atoms with Crippen LogP contribution in [0.4, 0.5) is 13.6 Å². The summed E-state index contributed by atoms with van der Waals surface area (Å²) >= 11 is 0. The minimum Gasteiger partial charge on any atom is -0.453 e. The number of rotatable bonds is 13. The Balaban J connectivity index is 2.29. The molecular weight excluding hydrogens is 462 g/mol. The van der Waals surface area contributed by atoms with Gasteiger partial charge in [0.25, 0.3) is 0 Å². The maximum atomic E-state index is 14.0. The summed E-state index contributed by atoms with van der Waals surface area (Å²) in [6.45, 7) is 4.85. The molecule has 6 nitrogen and oxygen atoms in total. The lowest BCUT2D eigenvalue weighted by molar-refractivity contribution is 0.165. The number of carbonyl (C=O) groups excluding carboxylic acids is 1. The molecule has 0 saturated heterocycles. The Hall–Kier alpha value is -2.52. The van der Waals surface area contributed by atoms with Gasteiger partial charge in [0.05, 0.1) is 18.9 Å². The third kappa shape index (κ3) is 8.36. The van der Waals surface area contributed by atoms with Crippen LogP contribution in [0.1, 0.15) is 55.1 Å². The Morgan fingerprint density at radius 2 is 1.74 bits per heavy atom. The Bertz CT molecular complexity index is 1030. The normalized spacial score (nSPS) is 13.3. The molecular formula is C25H34F2N2O4S. The molecule has 0 heterocycles. The van der Waals surface area contributed by atoms with Crippen LogP contribution >= 0.6 is 0 Å². The van der Waals surface area contributed by atoms with Gasteiger partial charge in [-0.2, -0.15) is 0 Å². The zero-order valence-electron chi connectivity index (χ0n) is 19.9. The molecule has 0 aliphatic rings. The van der Waals surface area contributed by atoms with Crippen LogP contribution in [0.25, 0.3) is 0 Å². The van der Waals surface area contributed by atoms with Gasteiger partial charge in [0.1, 0.15) is 16.9 Å². The summed E-state index contributed by atoms with van der Waals surface area (Å²) in [4.78, 5) is 12.1. The van der Waals surface area contributed by atoms with E-state index in [-0.39, 0.29) is 17.7 Å². The number of alkyl carbamates (subject to hydrolysis) is 1. The molecule has 0 aliphatic heterocycles. The van der Waals surface area contributed by atoms with Crippen molar-refractivity contribution in [2.45, 2.75) is 57.4 Å². The van der Waals surface area contributed by atoms with E-state index in [1.54, 1.807) is 0 Å². The zero-order valence-corrected chi connectivity index (χ0v) is 20.8. The molecule has 34 heavy (non-hydrogen) atoms. The number of sulfone groups is 1. The number of hydrogen-bond donors (Lipinski definition) is 2. The quantitative estimate of drug-likeness (QED) is 0.393. The highest BCUT2D eigenvalue weighted by molar-refractivity contribution is 7.91. The number of halogens is 2. The van der Waals surface area contributed by atoms with Gasteiger partial charge in [-0.05, 0) is 54.6 Å². The summed E-state index contributed by atoms with van der Waals surface area (Å²) in [5.41, 5.74) is 2.25. The van der Waals surface area contributed by atoms with Crippen molar-refractivity contribution in [3.05, 3.63) is 70.8 Å². The largest absolute Gasteiger partial charge is 0.453 e. The highest BCUT2D eigenvalue weighted by Gasteiger charge is 2.36. The van der Waals surface area contributed by atoms with Gasteiger partial charge in [-0.25, -0.2) is 22.0 Å². The number of carbonyl (C=O) groups is 1. The van der Waals surface area contributed by atoms with E-state index in [2.05, 4.69) is 23.6 Å². The van der Waals surface area contributed by atoms with Crippen LogP contribution in [0.5, 0.6) is 0 Å². The van der Waals surface area contributed by atoms with Crippen molar-refractivity contribution in [2.24, 2.45) is 0 Å². The molecule has 2 aromatic rings. The van der Waals surface area contributed by atoms with Gasteiger partial charge < -0.3 is 15.4 Å². The van der Waals surface area contributed by atoms with Crippen LogP contribution < -0.4 is 10.6 Å². The molecule has 0 fully saturated rings. The number of nitrogens with one attached hydrogen (secondary N) is 2. The van der Waals surface area contributed by atoms with Gasteiger partial charge in [0, 0.05) is 12.6 Å². The Kier molecular flexibility index (Phi) is 10.9. The molecule has 1 unspecified atom stereocenters. The van der Waals surface area contributed by atoms with Crippen molar-refractivity contribution in [3.8, 4) is 0 Å². The summed E-state index contributed by atoms with van der Waals surface area (Å²) in [6.07, 6.45) is 1.34. The third-order valence-electron chi connectivity index (χ3n) is 5.60. The van der Waals surface area contributed by atoms with Crippen LogP contribution in [-0.2, 0) is 27.5 Å². The van der Waals surface area contributed by atoms with E-state index in [1.807, 2.05) is 25.1 Å². The summed E-state index contributed by atoms with van der Waals surface area (Å²) in [6, 6.07) is 9.85. The monoisotopic (exact) mass is 496 g/mol. The molecule has 0 aliphatic carbocycles. The topological polar surface area (TPSA) is 84.5 Å². The molecule has 2 aromatic carbocycles. The summed E-state index contributed by atoms with van der Waals surface area (Å²) in [5.74, 6) is -1.92. The lowest BCUT2D eigenvalue weighted by atomic mass is 10.0. The first kappa shape index (κ1) is 27.7. The minimum absolute atomic E-state index is 0.0364. The number of unbranched alkanes of at least 4 members (excludes halogenated alkanes) is 1. The second kappa shape index (κ2) is 13.4. The predicted molar refractivity (Wildman–Crippen MR) is 129 cm³/mol. The molecule has 0 bridgehead atoms. The first-order chi connectivity index (χ1) is 16.2. The Morgan fingerprint density at radius 3 is 2.35 bits per heavy atom. The fourth-order valence-corrected chi connectivity index (χ4v) is 6.06. The average Bonchev–Trinajstić information content (AvgIpc) is 2.79. The summed E-state index contributed by atoms with van der Waals surface area (Å²) < 4.78 is 59.3. The molecule has 2 rings (SSSR count). The van der Waals surface area contributed by atoms with Gasteiger partial charge in [-0.3, -0.25) is 0 Å². The molecule has 9 heteroatoms. The first-order valence-corrected chi connectivity index (χ1v) is 13.2. The van der Waals surface area contributed by atoms with Crippen molar-refractivity contribution in [2.75, 3.05) is 19.4 Å². The van der Waals surface area contributed by atoms with Gasteiger partial charge in [0.2, 0.25) is 0 Å². The molecule has 0 spiro atoms. The zero-order chi connectivity index (χ0) is 25.1. The number of benzene rings is 2. The van der Waals surface area contributed by atoms with E-state index in [9.17, 15) is 22.0 Å². The molecule has 0 radical (unpaired) electrons. The SMILES string of the molecule is CCCCS(=O)(=O)C(c1cc(F)cc(F)c1)[C@H](CCNCc1cccc(CC)c1)NC(=O)OC. The van der Waals surface area contributed by atoms with Crippen molar-refractivity contribution in [1.29, 1.82) is 0 Å². The van der Waals surface area contributed by atoms with Gasteiger partial charge in [0.15, 0.2) is 9.84 Å². The molecule has 2 atom stereocenters. The lowest BCUT2D eigenvalue weighted by Gasteiger charge is -2.28. The fourth-order valence-electron chi connectivity index (χ4n) is 3.86. The van der Waals surface area contributed by atoms with Gasteiger partial charge in [-0.15, -0.1) is 0 Å². The number of amides is 1. The van der Waals surface area contributed by atoms with Crippen LogP contribution in [0.3, 0.4) is 0 Å². The van der Waals surface area contributed by atoms with Crippen molar-refractivity contribution >= 4 is 15.9 Å². The molecule has 2 N–H and O–H groups in total. The second-order valence-corrected chi connectivity index (χ2v) is 10.5. The average molecular weight is 497 g/mol. The molecule has 188 valence electrons. The van der Waals surface area contributed by atoms with Crippen LogP contribution in [-0.4, -0.2) is 40.0 Å². The Morgan fingerprint density at radius 1 is 1.06 bits per heavy atom. The molecule has 1 amide bonds. The third-order valence-corrected chi connectivity index (χ3v) is 7.83.